The standard InChI is InChI=1S/C8H16N2O2S/c9-8-3-4-10(5-8)13(11,12)6-7-1-2-7/h7-8H,1-6,9H2/t8-/m1/s1. The van der Waals surface area contributed by atoms with Crippen molar-refractivity contribution in [2.45, 2.75) is 25.3 Å². The van der Waals surface area contributed by atoms with E-state index in [2.05, 4.69) is 0 Å². The first-order chi connectivity index (χ1) is 6.08. The van der Waals surface area contributed by atoms with Crippen LogP contribution in [0.5, 0.6) is 0 Å². The van der Waals surface area contributed by atoms with E-state index in [0.717, 1.165) is 19.3 Å². The van der Waals surface area contributed by atoms with Crippen molar-refractivity contribution >= 4 is 10.0 Å². The lowest BCUT2D eigenvalue weighted by Gasteiger charge is -2.15. The van der Waals surface area contributed by atoms with Gasteiger partial charge in [0.25, 0.3) is 0 Å². The molecule has 1 atom stereocenters. The molecule has 2 N–H and O–H groups in total. The monoisotopic (exact) mass is 204 g/mol. The maximum atomic E-state index is 11.7. The smallest absolute Gasteiger partial charge is 0.214 e. The van der Waals surface area contributed by atoms with Crippen molar-refractivity contribution in [1.29, 1.82) is 0 Å². The second kappa shape index (κ2) is 3.22. The Kier molecular flexibility index (Phi) is 2.33. The van der Waals surface area contributed by atoms with Crippen LogP contribution >= 0.6 is 0 Å². The number of hydrogen-bond acceptors (Lipinski definition) is 3. The summed E-state index contributed by atoms with van der Waals surface area (Å²) in [5.74, 6) is 0.779. The molecule has 1 saturated carbocycles. The highest BCUT2D eigenvalue weighted by atomic mass is 32.2. The van der Waals surface area contributed by atoms with Crippen LogP contribution in [0, 0.1) is 5.92 Å². The fourth-order valence-corrected chi connectivity index (χ4v) is 3.64. The van der Waals surface area contributed by atoms with Gasteiger partial charge in [0.05, 0.1) is 5.75 Å². The van der Waals surface area contributed by atoms with Gasteiger partial charge in [-0.25, -0.2) is 12.7 Å². The third-order valence-electron chi connectivity index (χ3n) is 2.72. The molecule has 2 rings (SSSR count). The van der Waals surface area contributed by atoms with Gasteiger partial charge in [0.1, 0.15) is 0 Å². The van der Waals surface area contributed by atoms with Crippen molar-refractivity contribution in [1.82, 2.24) is 4.31 Å². The molecular weight excluding hydrogens is 188 g/mol. The summed E-state index contributed by atoms with van der Waals surface area (Å²) in [6.07, 6.45) is 2.97. The molecule has 0 aromatic carbocycles. The minimum atomic E-state index is -2.98. The van der Waals surface area contributed by atoms with E-state index in [1.807, 2.05) is 0 Å². The van der Waals surface area contributed by atoms with Gasteiger partial charge in [-0.15, -0.1) is 0 Å². The maximum Gasteiger partial charge on any atom is 0.214 e. The van der Waals surface area contributed by atoms with Crippen molar-refractivity contribution < 1.29 is 8.42 Å². The third kappa shape index (κ3) is 2.21. The molecule has 0 aromatic rings. The van der Waals surface area contributed by atoms with E-state index in [-0.39, 0.29) is 6.04 Å². The van der Waals surface area contributed by atoms with Crippen molar-refractivity contribution in [3.8, 4) is 0 Å². The Balaban J connectivity index is 1.97. The zero-order chi connectivity index (χ0) is 9.47. The number of sulfonamides is 1. The number of rotatable bonds is 3. The maximum absolute atomic E-state index is 11.7. The third-order valence-corrected chi connectivity index (χ3v) is 4.74. The fourth-order valence-electron chi connectivity index (χ4n) is 1.69. The van der Waals surface area contributed by atoms with Crippen LogP contribution in [0.4, 0.5) is 0 Å². The summed E-state index contributed by atoms with van der Waals surface area (Å²) in [5.41, 5.74) is 5.66. The van der Waals surface area contributed by atoms with Crippen molar-refractivity contribution in [2.24, 2.45) is 11.7 Å². The Hall–Kier alpha value is -0.130. The highest BCUT2D eigenvalue weighted by Crippen LogP contribution is 2.31. The second-order valence-electron chi connectivity index (χ2n) is 4.13. The molecule has 1 heterocycles. The lowest BCUT2D eigenvalue weighted by molar-refractivity contribution is 0.470. The summed E-state index contributed by atoms with van der Waals surface area (Å²) in [7, 11) is -2.98. The van der Waals surface area contributed by atoms with E-state index < -0.39 is 10.0 Å². The Morgan fingerprint density at radius 1 is 1.31 bits per heavy atom. The van der Waals surface area contributed by atoms with Gasteiger partial charge in [0.15, 0.2) is 0 Å². The Morgan fingerprint density at radius 3 is 2.46 bits per heavy atom. The van der Waals surface area contributed by atoms with Crippen molar-refractivity contribution in [3.63, 3.8) is 0 Å². The largest absolute Gasteiger partial charge is 0.326 e. The number of nitrogens with two attached hydrogens (primary N) is 1. The van der Waals surface area contributed by atoms with Crippen LogP contribution in [0.2, 0.25) is 0 Å². The van der Waals surface area contributed by atoms with Crippen LogP contribution in [-0.2, 0) is 10.0 Å². The number of nitrogens with zero attached hydrogens (tertiary/aromatic N) is 1. The highest BCUT2D eigenvalue weighted by Gasteiger charge is 2.34. The molecule has 1 saturated heterocycles. The molecule has 0 bridgehead atoms. The van der Waals surface area contributed by atoms with Crippen LogP contribution in [0.1, 0.15) is 19.3 Å². The van der Waals surface area contributed by atoms with E-state index in [1.165, 1.54) is 0 Å². The average Bonchev–Trinajstić information content (AvgIpc) is 2.70. The lowest BCUT2D eigenvalue weighted by atomic mass is 10.3. The van der Waals surface area contributed by atoms with Crippen molar-refractivity contribution in [3.05, 3.63) is 0 Å². The molecule has 4 nitrogen and oxygen atoms in total. The molecular formula is C8H16N2O2S. The Labute approximate surface area is 79.1 Å². The van der Waals surface area contributed by atoms with Crippen LogP contribution in [0.15, 0.2) is 0 Å². The molecule has 1 aliphatic carbocycles. The van der Waals surface area contributed by atoms with E-state index in [1.54, 1.807) is 4.31 Å². The summed E-state index contributed by atoms with van der Waals surface area (Å²) in [4.78, 5) is 0. The molecule has 0 aromatic heterocycles. The van der Waals surface area contributed by atoms with Gasteiger partial charge in [-0.1, -0.05) is 0 Å². The van der Waals surface area contributed by atoms with Gasteiger partial charge in [-0.3, -0.25) is 0 Å². The normalized spacial score (nSPS) is 31.0. The average molecular weight is 204 g/mol. The van der Waals surface area contributed by atoms with E-state index in [0.29, 0.717) is 24.8 Å². The first kappa shape index (κ1) is 9.43. The predicted molar refractivity (Wildman–Crippen MR) is 50.7 cm³/mol. The van der Waals surface area contributed by atoms with Gasteiger partial charge in [-0.05, 0) is 25.2 Å². The van der Waals surface area contributed by atoms with Gasteiger partial charge in [-0.2, -0.15) is 0 Å². The first-order valence-corrected chi connectivity index (χ1v) is 6.42. The molecule has 1 aliphatic heterocycles. The summed E-state index contributed by atoms with van der Waals surface area (Å²) in [6, 6.07) is 0.0500. The zero-order valence-corrected chi connectivity index (χ0v) is 8.46. The minimum Gasteiger partial charge on any atom is -0.326 e. The number of hydrogen-bond donors (Lipinski definition) is 1. The van der Waals surface area contributed by atoms with Crippen LogP contribution in [-0.4, -0.2) is 37.6 Å². The summed E-state index contributed by atoms with van der Waals surface area (Å²) >= 11 is 0. The molecule has 5 heteroatoms. The molecule has 2 fully saturated rings. The fraction of sp³-hybridized carbons (Fsp3) is 1.00. The summed E-state index contributed by atoms with van der Waals surface area (Å²) < 4.78 is 24.9. The molecule has 0 radical (unpaired) electrons. The Bertz CT molecular complexity index is 285. The van der Waals surface area contributed by atoms with Crippen LogP contribution in [0.3, 0.4) is 0 Å². The summed E-state index contributed by atoms with van der Waals surface area (Å²) in [6.45, 7) is 1.14. The highest BCUT2D eigenvalue weighted by molar-refractivity contribution is 7.89. The minimum absolute atomic E-state index is 0.0500. The molecule has 2 aliphatic rings. The predicted octanol–water partition coefficient (Wildman–Crippen LogP) is -0.241. The van der Waals surface area contributed by atoms with Crippen LogP contribution in [0.25, 0.3) is 0 Å². The van der Waals surface area contributed by atoms with Gasteiger partial charge < -0.3 is 5.73 Å². The van der Waals surface area contributed by atoms with E-state index in [9.17, 15) is 8.42 Å². The molecule has 76 valence electrons. The Morgan fingerprint density at radius 2 is 2.00 bits per heavy atom. The van der Waals surface area contributed by atoms with E-state index in [4.69, 9.17) is 5.73 Å². The molecule has 13 heavy (non-hydrogen) atoms. The molecule has 0 unspecified atom stereocenters. The zero-order valence-electron chi connectivity index (χ0n) is 7.65. The van der Waals surface area contributed by atoms with E-state index >= 15 is 0 Å². The van der Waals surface area contributed by atoms with Crippen LogP contribution < -0.4 is 5.73 Å². The quantitative estimate of drug-likeness (QED) is 0.690. The SMILES string of the molecule is N[C@@H]1CCN(S(=O)(=O)CC2CC2)C1. The molecule has 0 spiro atoms. The van der Waals surface area contributed by atoms with Gasteiger partial charge in [0, 0.05) is 19.1 Å². The lowest BCUT2D eigenvalue weighted by Crippen LogP contribution is -2.34. The first-order valence-electron chi connectivity index (χ1n) is 4.81. The topological polar surface area (TPSA) is 63.4 Å². The van der Waals surface area contributed by atoms with Gasteiger partial charge >= 0.3 is 0 Å². The molecule has 0 amide bonds. The second-order valence-corrected chi connectivity index (χ2v) is 6.14. The van der Waals surface area contributed by atoms with Crippen molar-refractivity contribution in [2.75, 3.05) is 18.8 Å². The van der Waals surface area contributed by atoms with Gasteiger partial charge in [0.2, 0.25) is 10.0 Å². The summed E-state index contributed by atoms with van der Waals surface area (Å²) in [5, 5.41) is 0.